The first-order valence-corrected chi connectivity index (χ1v) is 4.84. The van der Waals surface area contributed by atoms with Crippen LogP contribution < -0.4 is 4.90 Å². The molecule has 0 amide bonds. The Kier molecular flexibility index (Phi) is 3.11. The molecule has 0 N–H and O–H groups in total. The molecule has 2 heterocycles. The number of aromatic nitrogens is 1. The summed E-state index contributed by atoms with van der Waals surface area (Å²) in [6.07, 6.45) is 1.05. The van der Waals surface area contributed by atoms with Crippen LogP contribution in [0.4, 0.5) is 14.6 Å². The Bertz CT molecular complexity index is 335. The minimum absolute atomic E-state index is 0.277. The maximum Gasteiger partial charge on any atom is 0.165 e. The van der Waals surface area contributed by atoms with Gasteiger partial charge in [0, 0.05) is 19.3 Å². The van der Waals surface area contributed by atoms with Gasteiger partial charge in [0.2, 0.25) is 0 Å². The molecule has 0 aliphatic carbocycles. The minimum atomic E-state index is -0.551. The summed E-state index contributed by atoms with van der Waals surface area (Å²) in [5.74, 6) is -0.101. The molecular weight excluding hydrogens is 202 g/mol. The zero-order valence-corrected chi connectivity index (χ0v) is 8.20. The molecule has 5 heteroatoms. The van der Waals surface area contributed by atoms with E-state index in [-0.39, 0.29) is 11.6 Å². The molecule has 0 unspecified atom stereocenters. The van der Waals surface area contributed by atoms with Crippen molar-refractivity contribution in [1.82, 2.24) is 4.98 Å². The van der Waals surface area contributed by atoms with E-state index in [1.807, 2.05) is 0 Å². The van der Waals surface area contributed by atoms with Crippen molar-refractivity contribution in [3.8, 4) is 0 Å². The van der Waals surface area contributed by atoms with Gasteiger partial charge in [-0.1, -0.05) is 0 Å². The summed E-state index contributed by atoms with van der Waals surface area (Å²) in [5, 5.41) is 0. The molecule has 0 spiro atoms. The lowest BCUT2D eigenvalue weighted by atomic mass is 10.3. The number of halogens is 2. The van der Waals surface area contributed by atoms with E-state index >= 15 is 0 Å². The van der Waals surface area contributed by atoms with Crippen molar-refractivity contribution in [1.29, 1.82) is 0 Å². The average Bonchev–Trinajstić information content (AvgIpc) is 2.30. The zero-order chi connectivity index (χ0) is 10.7. The monoisotopic (exact) mass is 214 g/mol. The molecule has 0 saturated carbocycles. The van der Waals surface area contributed by atoms with Crippen LogP contribution in [0.15, 0.2) is 18.3 Å². The first kappa shape index (κ1) is 10.3. The lowest BCUT2D eigenvalue weighted by molar-refractivity contribution is 0.0243. The second kappa shape index (κ2) is 4.53. The average molecular weight is 214 g/mol. The van der Waals surface area contributed by atoms with Gasteiger partial charge in [-0.3, -0.25) is 0 Å². The molecule has 1 aromatic heterocycles. The molecule has 0 radical (unpaired) electrons. The van der Waals surface area contributed by atoms with E-state index in [0.717, 1.165) is 0 Å². The first-order chi connectivity index (χ1) is 7.31. The number of ether oxygens (including phenoxy) is 1. The Labute approximate surface area is 86.7 Å². The molecule has 1 atom stereocenters. The van der Waals surface area contributed by atoms with Gasteiger partial charge in [-0.05, 0) is 12.1 Å². The molecule has 15 heavy (non-hydrogen) atoms. The molecule has 3 nitrogen and oxygen atoms in total. The van der Waals surface area contributed by atoms with E-state index in [1.54, 1.807) is 4.90 Å². The molecule has 2 rings (SSSR count). The fourth-order valence-corrected chi connectivity index (χ4v) is 1.62. The Balaban J connectivity index is 2.13. The van der Waals surface area contributed by atoms with E-state index in [0.29, 0.717) is 19.7 Å². The van der Waals surface area contributed by atoms with Crippen LogP contribution in [0.25, 0.3) is 0 Å². The summed E-state index contributed by atoms with van der Waals surface area (Å²) in [5.41, 5.74) is 0. The highest BCUT2D eigenvalue weighted by Gasteiger charge is 2.22. The fourth-order valence-electron chi connectivity index (χ4n) is 1.62. The lowest BCUT2D eigenvalue weighted by Crippen LogP contribution is -2.44. The molecule has 1 fully saturated rings. The van der Waals surface area contributed by atoms with Gasteiger partial charge in [0.1, 0.15) is 12.8 Å². The summed E-state index contributed by atoms with van der Waals surface area (Å²) in [6, 6.07) is 2.88. The van der Waals surface area contributed by atoms with Crippen LogP contribution in [0.5, 0.6) is 0 Å². The predicted molar refractivity (Wildman–Crippen MR) is 52.1 cm³/mol. The van der Waals surface area contributed by atoms with Crippen LogP contribution in [0.3, 0.4) is 0 Å². The third-order valence-electron chi connectivity index (χ3n) is 2.35. The highest BCUT2D eigenvalue weighted by molar-refractivity contribution is 5.40. The van der Waals surface area contributed by atoms with Crippen molar-refractivity contribution in [3.63, 3.8) is 0 Å². The molecule has 0 aromatic carbocycles. The van der Waals surface area contributed by atoms with E-state index < -0.39 is 12.8 Å². The number of anilines is 1. The number of morpholine rings is 1. The van der Waals surface area contributed by atoms with Gasteiger partial charge < -0.3 is 9.64 Å². The summed E-state index contributed by atoms with van der Waals surface area (Å²) in [6.45, 7) is 0.754. The SMILES string of the molecule is FC[C@@H]1CN(c2ncccc2F)CCO1. The molecule has 1 saturated heterocycles. The first-order valence-electron chi connectivity index (χ1n) is 4.84. The van der Waals surface area contributed by atoms with Gasteiger partial charge in [-0.15, -0.1) is 0 Å². The molecule has 1 aliphatic rings. The summed E-state index contributed by atoms with van der Waals surface area (Å²) >= 11 is 0. The number of alkyl halides is 1. The fraction of sp³-hybridized carbons (Fsp3) is 0.500. The van der Waals surface area contributed by atoms with Gasteiger partial charge in [-0.25, -0.2) is 13.8 Å². The van der Waals surface area contributed by atoms with Crippen LogP contribution in [0, 0.1) is 5.82 Å². The number of rotatable bonds is 2. The van der Waals surface area contributed by atoms with Gasteiger partial charge >= 0.3 is 0 Å². The van der Waals surface area contributed by atoms with E-state index in [9.17, 15) is 8.78 Å². The van der Waals surface area contributed by atoms with Crippen molar-refractivity contribution in [2.24, 2.45) is 0 Å². The zero-order valence-electron chi connectivity index (χ0n) is 8.20. The normalized spacial score (nSPS) is 21.7. The summed E-state index contributed by atoms with van der Waals surface area (Å²) in [4.78, 5) is 5.65. The second-order valence-electron chi connectivity index (χ2n) is 3.40. The molecule has 1 aromatic rings. The Morgan fingerprint density at radius 2 is 2.47 bits per heavy atom. The summed E-state index contributed by atoms with van der Waals surface area (Å²) in [7, 11) is 0. The van der Waals surface area contributed by atoms with E-state index in [1.165, 1.54) is 18.3 Å². The number of pyridine rings is 1. The topological polar surface area (TPSA) is 25.4 Å². The lowest BCUT2D eigenvalue weighted by Gasteiger charge is -2.32. The third kappa shape index (κ3) is 2.23. The van der Waals surface area contributed by atoms with E-state index in [2.05, 4.69) is 4.98 Å². The highest BCUT2D eigenvalue weighted by Crippen LogP contribution is 2.18. The van der Waals surface area contributed by atoms with Gasteiger partial charge in [0.15, 0.2) is 11.6 Å². The quantitative estimate of drug-likeness (QED) is 0.744. The number of hydrogen-bond acceptors (Lipinski definition) is 3. The van der Waals surface area contributed by atoms with Crippen molar-refractivity contribution in [3.05, 3.63) is 24.1 Å². The van der Waals surface area contributed by atoms with Crippen molar-refractivity contribution < 1.29 is 13.5 Å². The van der Waals surface area contributed by atoms with Gasteiger partial charge in [-0.2, -0.15) is 0 Å². The molecular formula is C10H12F2N2O. The van der Waals surface area contributed by atoms with Crippen molar-refractivity contribution in [2.45, 2.75) is 6.10 Å². The van der Waals surface area contributed by atoms with Crippen molar-refractivity contribution >= 4 is 5.82 Å². The standard InChI is InChI=1S/C10H12F2N2O/c11-6-8-7-14(4-5-15-8)10-9(12)2-1-3-13-10/h1-3,8H,4-7H2/t8-/m1/s1. The van der Waals surface area contributed by atoms with Crippen LogP contribution >= 0.6 is 0 Å². The number of nitrogens with zero attached hydrogens (tertiary/aromatic N) is 2. The summed E-state index contributed by atoms with van der Waals surface area (Å²) < 4.78 is 30.9. The maximum absolute atomic E-state index is 13.4. The second-order valence-corrected chi connectivity index (χ2v) is 3.40. The van der Waals surface area contributed by atoms with Crippen LogP contribution in [0.1, 0.15) is 0 Å². The molecule has 1 aliphatic heterocycles. The van der Waals surface area contributed by atoms with Gasteiger partial charge in [0.25, 0.3) is 0 Å². The smallest absolute Gasteiger partial charge is 0.165 e. The third-order valence-corrected chi connectivity index (χ3v) is 2.35. The van der Waals surface area contributed by atoms with E-state index in [4.69, 9.17) is 4.74 Å². The number of hydrogen-bond donors (Lipinski definition) is 0. The van der Waals surface area contributed by atoms with Gasteiger partial charge in [0.05, 0.1) is 6.61 Å². The largest absolute Gasteiger partial charge is 0.372 e. The van der Waals surface area contributed by atoms with Crippen molar-refractivity contribution in [2.75, 3.05) is 31.3 Å². The van der Waals surface area contributed by atoms with Crippen LogP contribution in [-0.4, -0.2) is 37.5 Å². The highest BCUT2D eigenvalue weighted by atomic mass is 19.1. The van der Waals surface area contributed by atoms with Crippen LogP contribution in [-0.2, 0) is 4.74 Å². The van der Waals surface area contributed by atoms with Crippen LogP contribution in [0.2, 0.25) is 0 Å². The Hall–Kier alpha value is -1.23. The minimum Gasteiger partial charge on any atom is -0.372 e. The predicted octanol–water partition coefficient (Wildman–Crippen LogP) is 1.40. The molecule has 0 bridgehead atoms. The molecule has 82 valence electrons. The Morgan fingerprint density at radius 3 is 3.20 bits per heavy atom. The maximum atomic E-state index is 13.4. The Morgan fingerprint density at radius 1 is 1.60 bits per heavy atom.